The highest BCUT2D eigenvalue weighted by atomic mass is 19.1. The van der Waals surface area contributed by atoms with Gasteiger partial charge in [0.2, 0.25) is 0 Å². The van der Waals surface area contributed by atoms with Crippen LogP contribution in [0.3, 0.4) is 0 Å². The van der Waals surface area contributed by atoms with Gasteiger partial charge in [0.1, 0.15) is 28.7 Å². The maximum Gasteiger partial charge on any atom is 0.261 e. The Kier molecular flexibility index (Phi) is 4.39. The number of carbonyl (C=O) groups excluding carboxylic acids is 1. The molecule has 0 aliphatic heterocycles. The maximum absolute atomic E-state index is 13.2. The third-order valence-electron chi connectivity index (χ3n) is 5.08. The molecular weight excluding hydrogens is 385 g/mol. The third kappa shape index (κ3) is 3.47. The number of benzene rings is 2. The van der Waals surface area contributed by atoms with Crippen molar-refractivity contribution in [2.75, 3.05) is 5.32 Å². The summed E-state index contributed by atoms with van der Waals surface area (Å²) in [4.78, 5) is 17.4. The molecule has 150 valence electrons. The number of aryl methyl sites for hydroxylation is 1. The van der Waals surface area contributed by atoms with Crippen LogP contribution in [-0.4, -0.2) is 26.2 Å². The monoisotopic (exact) mass is 403 g/mol. The number of rotatable bonds is 5. The van der Waals surface area contributed by atoms with Crippen molar-refractivity contribution in [2.45, 2.75) is 25.7 Å². The van der Waals surface area contributed by atoms with Gasteiger partial charge in [-0.2, -0.15) is 5.10 Å². The highest BCUT2D eigenvalue weighted by molar-refractivity contribution is 6.08. The molecule has 0 saturated heterocycles. The molecule has 5 rings (SSSR count). The smallest absolute Gasteiger partial charge is 0.261 e. The van der Waals surface area contributed by atoms with Crippen molar-refractivity contribution in [3.8, 4) is 22.6 Å². The Morgan fingerprint density at radius 2 is 1.80 bits per heavy atom. The Morgan fingerprint density at radius 3 is 2.50 bits per heavy atom. The van der Waals surface area contributed by atoms with Gasteiger partial charge in [0.15, 0.2) is 5.82 Å². The summed E-state index contributed by atoms with van der Waals surface area (Å²) in [5.41, 5.74) is 2.77. The number of amides is 1. The molecule has 1 aliphatic rings. The third-order valence-corrected chi connectivity index (χ3v) is 5.08. The molecule has 0 atom stereocenters. The number of hydrogen-bond acceptors (Lipinski definition) is 5. The molecule has 0 radical (unpaired) electrons. The van der Waals surface area contributed by atoms with Crippen LogP contribution in [0.15, 0.2) is 53.1 Å². The minimum Gasteiger partial charge on any atom is -0.360 e. The van der Waals surface area contributed by atoms with Crippen molar-refractivity contribution in [1.29, 1.82) is 0 Å². The highest BCUT2D eigenvalue weighted by Crippen LogP contribution is 2.38. The molecule has 2 heterocycles. The molecule has 2 aromatic heterocycles. The maximum atomic E-state index is 13.2. The molecule has 1 aliphatic carbocycles. The molecule has 7 nitrogen and oxygen atoms in total. The second kappa shape index (κ2) is 7.22. The van der Waals surface area contributed by atoms with Gasteiger partial charge in [-0.25, -0.2) is 9.37 Å². The molecule has 1 fully saturated rings. The number of nitrogens with one attached hydrogen (secondary N) is 2. The molecule has 0 spiro atoms. The normalized spacial score (nSPS) is 13.4. The number of aromatic nitrogens is 4. The van der Waals surface area contributed by atoms with E-state index in [0.717, 1.165) is 24.2 Å². The number of aromatic amines is 1. The first-order valence-electron chi connectivity index (χ1n) is 9.65. The number of halogens is 1. The lowest BCUT2D eigenvalue weighted by atomic mass is 10.1. The summed E-state index contributed by atoms with van der Waals surface area (Å²) >= 11 is 0. The van der Waals surface area contributed by atoms with Gasteiger partial charge in [-0.3, -0.25) is 9.89 Å². The summed E-state index contributed by atoms with van der Waals surface area (Å²) in [5.74, 6) is 1.75. The van der Waals surface area contributed by atoms with Gasteiger partial charge in [0.05, 0.1) is 0 Å². The van der Waals surface area contributed by atoms with Crippen LogP contribution >= 0.6 is 0 Å². The average molecular weight is 403 g/mol. The summed E-state index contributed by atoms with van der Waals surface area (Å²) in [6.07, 6.45) is 2.31. The van der Waals surface area contributed by atoms with Crippen LogP contribution in [0, 0.1) is 12.7 Å². The van der Waals surface area contributed by atoms with Gasteiger partial charge in [-0.15, -0.1) is 0 Å². The number of hydrogen-bond donors (Lipinski definition) is 2. The molecule has 2 aromatic carbocycles. The molecule has 2 N–H and O–H groups in total. The van der Waals surface area contributed by atoms with E-state index in [-0.39, 0.29) is 11.7 Å². The Labute approximate surface area is 171 Å². The first-order chi connectivity index (χ1) is 14.6. The molecule has 30 heavy (non-hydrogen) atoms. The average Bonchev–Trinajstić information content (AvgIpc) is 3.35. The largest absolute Gasteiger partial charge is 0.360 e. The minimum absolute atomic E-state index is 0.314. The molecule has 0 bridgehead atoms. The summed E-state index contributed by atoms with van der Waals surface area (Å²) in [5, 5.41) is 14.1. The van der Waals surface area contributed by atoms with Crippen LogP contribution in [0.25, 0.3) is 22.6 Å². The second-order valence-corrected chi connectivity index (χ2v) is 7.32. The highest BCUT2D eigenvalue weighted by Gasteiger charge is 2.27. The number of nitrogens with zero attached hydrogens (tertiary/aromatic N) is 3. The fourth-order valence-corrected chi connectivity index (χ4v) is 3.28. The standard InChI is InChI=1S/C22H18FN5O2/c1-12-18(19(28-30-12)13-4-8-16(23)9-5-13)22(29)24-17-10-6-15(7-11-17)21-25-20(26-27-21)14-2-3-14/h4-11,14H,2-3H2,1H3,(H,24,29)(H,25,26,27). The predicted molar refractivity (Wildman–Crippen MR) is 108 cm³/mol. The fourth-order valence-electron chi connectivity index (χ4n) is 3.28. The van der Waals surface area contributed by atoms with E-state index in [1.807, 2.05) is 12.1 Å². The number of anilines is 1. The Morgan fingerprint density at radius 1 is 1.10 bits per heavy atom. The van der Waals surface area contributed by atoms with Crippen LogP contribution in [0.5, 0.6) is 0 Å². The van der Waals surface area contributed by atoms with Gasteiger partial charge in [-0.1, -0.05) is 5.16 Å². The van der Waals surface area contributed by atoms with E-state index < -0.39 is 0 Å². The van der Waals surface area contributed by atoms with Crippen molar-refractivity contribution >= 4 is 11.6 Å². The van der Waals surface area contributed by atoms with E-state index in [0.29, 0.717) is 40.0 Å². The van der Waals surface area contributed by atoms with Crippen LogP contribution in [-0.2, 0) is 0 Å². The topological polar surface area (TPSA) is 96.7 Å². The van der Waals surface area contributed by atoms with E-state index in [2.05, 4.69) is 25.7 Å². The lowest BCUT2D eigenvalue weighted by molar-refractivity contribution is 0.102. The predicted octanol–water partition coefficient (Wildman–Crippen LogP) is 4.70. The Balaban J connectivity index is 1.35. The first-order valence-corrected chi connectivity index (χ1v) is 9.65. The van der Waals surface area contributed by atoms with Crippen molar-refractivity contribution < 1.29 is 13.7 Å². The summed E-state index contributed by atoms with van der Waals surface area (Å²) < 4.78 is 18.4. The molecule has 1 amide bonds. The SMILES string of the molecule is Cc1onc(-c2ccc(F)cc2)c1C(=O)Nc1ccc(-c2n[nH]c(C3CC3)n2)cc1. The molecule has 1 saturated carbocycles. The molecule has 4 aromatic rings. The van der Waals surface area contributed by atoms with E-state index >= 15 is 0 Å². The second-order valence-electron chi connectivity index (χ2n) is 7.32. The van der Waals surface area contributed by atoms with Crippen LogP contribution in [0.2, 0.25) is 0 Å². The van der Waals surface area contributed by atoms with E-state index in [1.54, 1.807) is 31.2 Å². The molecular formula is C22H18FN5O2. The number of H-pyrrole nitrogens is 1. The summed E-state index contributed by atoms with van der Waals surface area (Å²) in [7, 11) is 0. The van der Waals surface area contributed by atoms with Crippen molar-refractivity contribution in [2.24, 2.45) is 0 Å². The zero-order valence-corrected chi connectivity index (χ0v) is 16.1. The van der Waals surface area contributed by atoms with Crippen molar-refractivity contribution in [1.82, 2.24) is 20.3 Å². The van der Waals surface area contributed by atoms with E-state index in [4.69, 9.17) is 4.52 Å². The van der Waals surface area contributed by atoms with E-state index in [1.165, 1.54) is 12.1 Å². The van der Waals surface area contributed by atoms with Crippen LogP contribution in [0.4, 0.5) is 10.1 Å². The van der Waals surface area contributed by atoms with Gasteiger partial charge >= 0.3 is 0 Å². The minimum atomic E-state index is -0.360. The zero-order valence-electron chi connectivity index (χ0n) is 16.1. The summed E-state index contributed by atoms with van der Waals surface area (Å²) in [6, 6.07) is 13.1. The Bertz CT molecular complexity index is 1210. The Hall–Kier alpha value is -3.81. The lowest BCUT2D eigenvalue weighted by Gasteiger charge is -2.06. The van der Waals surface area contributed by atoms with Gasteiger partial charge < -0.3 is 9.84 Å². The molecule has 0 unspecified atom stereocenters. The lowest BCUT2D eigenvalue weighted by Crippen LogP contribution is -2.13. The van der Waals surface area contributed by atoms with E-state index in [9.17, 15) is 9.18 Å². The molecule has 8 heteroatoms. The van der Waals surface area contributed by atoms with Gasteiger partial charge in [0, 0.05) is 22.7 Å². The van der Waals surface area contributed by atoms with Crippen molar-refractivity contribution in [3.05, 3.63) is 71.5 Å². The van der Waals surface area contributed by atoms with Crippen LogP contribution in [0.1, 0.15) is 40.7 Å². The van der Waals surface area contributed by atoms with Crippen molar-refractivity contribution in [3.63, 3.8) is 0 Å². The fraction of sp³-hybridized carbons (Fsp3) is 0.182. The quantitative estimate of drug-likeness (QED) is 0.503. The number of carbonyl (C=O) groups is 1. The van der Waals surface area contributed by atoms with Crippen LogP contribution < -0.4 is 5.32 Å². The van der Waals surface area contributed by atoms with Gasteiger partial charge in [-0.05, 0) is 68.3 Å². The van der Waals surface area contributed by atoms with Gasteiger partial charge in [0.25, 0.3) is 5.91 Å². The zero-order chi connectivity index (χ0) is 20.7. The summed E-state index contributed by atoms with van der Waals surface area (Å²) in [6.45, 7) is 1.67. The first kappa shape index (κ1) is 18.2.